The van der Waals surface area contributed by atoms with E-state index in [1.54, 1.807) is 0 Å². The van der Waals surface area contributed by atoms with E-state index < -0.39 is 0 Å². The predicted molar refractivity (Wildman–Crippen MR) is 65.7 cm³/mol. The molecule has 0 bridgehead atoms. The van der Waals surface area contributed by atoms with Crippen LogP contribution in [0.1, 0.15) is 42.3 Å². The van der Waals surface area contributed by atoms with Crippen molar-refractivity contribution in [1.82, 2.24) is 0 Å². The Kier molecular flexibility index (Phi) is 3.74. The van der Waals surface area contributed by atoms with Crippen LogP contribution in [0.5, 0.6) is 0 Å². The van der Waals surface area contributed by atoms with Crippen molar-refractivity contribution in [1.29, 1.82) is 0 Å². The number of rotatable bonds is 2. The smallest absolute Gasteiger partial charge is 0.338 e. The largest absolute Gasteiger partial charge is 0.462 e. The van der Waals surface area contributed by atoms with E-state index in [9.17, 15) is 4.79 Å². The van der Waals surface area contributed by atoms with Crippen LogP contribution in [0.25, 0.3) is 0 Å². The van der Waals surface area contributed by atoms with Gasteiger partial charge in [0.1, 0.15) is 0 Å². The van der Waals surface area contributed by atoms with Crippen LogP contribution in [0.15, 0.2) is 18.2 Å². The summed E-state index contributed by atoms with van der Waals surface area (Å²) < 4.78 is 5.32. The summed E-state index contributed by atoms with van der Waals surface area (Å²) in [6.07, 6.45) is 0. The summed E-state index contributed by atoms with van der Waals surface area (Å²) in [7, 11) is 0. The fourth-order valence-corrected chi connectivity index (χ4v) is 1.49. The Morgan fingerprint density at radius 3 is 2.12 bits per heavy atom. The van der Waals surface area contributed by atoms with Gasteiger partial charge in [-0.15, -0.1) is 0 Å². The maximum absolute atomic E-state index is 11.9. The molecule has 16 heavy (non-hydrogen) atoms. The minimum absolute atomic E-state index is 0.00620. The Bertz CT molecular complexity index is 366. The molecule has 0 heterocycles. The monoisotopic (exact) mass is 220 g/mol. The molecule has 0 fully saturated rings. The highest BCUT2D eigenvalue weighted by Gasteiger charge is 2.17. The van der Waals surface area contributed by atoms with Gasteiger partial charge in [0.05, 0.1) is 12.2 Å². The van der Waals surface area contributed by atoms with Gasteiger partial charge in [-0.25, -0.2) is 4.79 Å². The number of ether oxygens (including phenoxy) is 1. The summed E-state index contributed by atoms with van der Waals surface area (Å²) in [5.41, 5.74) is 2.65. The number of aryl methyl sites for hydroxylation is 2. The molecule has 0 unspecified atom stereocenters. The summed E-state index contributed by atoms with van der Waals surface area (Å²) in [5, 5.41) is 0. The second-order valence-electron chi connectivity index (χ2n) is 5.40. The van der Waals surface area contributed by atoms with E-state index in [0.29, 0.717) is 12.2 Å². The van der Waals surface area contributed by atoms with Crippen LogP contribution in [0, 0.1) is 19.3 Å². The quantitative estimate of drug-likeness (QED) is 0.713. The van der Waals surface area contributed by atoms with Crippen LogP contribution in [-0.4, -0.2) is 12.6 Å². The average Bonchev–Trinajstić information content (AvgIpc) is 2.13. The van der Waals surface area contributed by atoms with Crippen molar-refractivity contribution in [3.8, 4) is 0 Å². The third-order valence-electron chi connectivity index (χ3n) is 2.32. The van der Waals surface area contributed by atoms with Crippen molar-refractivity contribution in [3.63, 3.8) is 0 Å². The van der Waals surface area contributed by atoms with Gasteiger partial charge in [-0.05, 0) is 30.4 Å². The van der Waals surface area contributed by atoms with E-state index in [0.717, 1.165) is 11.1 Å². The zero-order valence-corrected chi connectivity index (χ0v) is 10.8. The van der Waals surface area contributed by atoms with Crippen LogP contribution in [-0.2, 0) is 4.74 Å². The second-order valence-corrected chi connectivity index (χ2v) is 5.40. The second kappa shape index (κ2) is 4.69. The first-order valence-corrected chi connectivity index (χ1v) is 5.54. The highest BCUT2D eigenvalue weighted by atomic mass is 16.5. The molecular weight excluding hydrogens is 200 g/mol. The molecule has 2 heteroatoms. The lowest BCUT2D eigenvalue weighted by Gasteiger charge is -2.18. The third kappa shape index (κ3) is 3.37. The van der Waals surface area contributed by atoms with Gasteiger partial charge in [0, 0.05) is 0 Å². The Labute approximate surface area is 97.6 Å². The summed E-state index contributed by atoms with van der Waals surface area (Å²) >= 11 is 0. The maximum Gasteiger partial charge on any atom is 0.338 e. The lowest BCUT2D eigenvalue weighted by Crippen LogP contribution is -2.19. The van der Waals surface area contributed by atoms with E-state index in [1.165, 1.54) is 0 Å². The molecule has 0 saturated heterocycles. The molecule has 0 aliphatic heterocycles. The van der Waals surface area contributed by atoms with Crippen LogP contribution in [0.3, 0.4) is 0 Å². The summed E-state index contributed by atoms with van der Waals surface area (Å²) in [5.74, 6) is -0.217. The van der Waals surface area contributed by atoms with Crippen molar-refractivity contribution in [3.05, 3.63) is 34.9 Å². The first-order valence-electron chi connectivity index (χ1n) is 5.54. The number of benzene rings is 1. The molecule has 0 amide bonds. The summed E-state index contributed by atoms with van der Waals surface area (Å²) in [6, 6.07) is 5.81. The molecule has 0 aliphatic carbocycles. The molecule has 0 saturated carbocycles. The third-order valence-corrected chi connectivity index (χ3v) is 2.32. The summed E-state index contributed by atoms with van der Waals surface area (Å²) in [4.78, 5) is 11.9. The lowest BCUT2D eigenvalue weighted by molar-refractivity contribution is 0.0365. The molecule has 0 N–H and O–H groups in total. The molecule has 0 atom stereocenters. The van der Waals surface area contributed by atoms with Crippen molar-refractivity contribution in [2.24, 2.45) is 5.41 Å². The first-order chi connectivity index (χ1) is 7.31. The van der Waals surface area contributed by atoms with Crippen LogP contribution < -0.4 is 0 Å². The molecule has 0 aliphatic rings. The molecule has 1 aromatic rings. The average molecular weight is 220 g/mol. The van der Waals surface area contributed by atoms with Crippen molar-refractivity contribution in [2.75, 3.05) is 6.61 Å². The van der Waals surface area contributed by atoms with Crippen LogP contribution in [0.4, 0.5) is 0 Å². The van der Waals surface area contributed by atoms with Crippen LogP contribution in [0.2, 0.25) is 0 Å². The van der Waals surface area contributed by atoms with Gasteiger partial charge in [-0.2, -0.15) is 0 Å². The predicted octanol–water partition coefficient (Wildman–Crippen LogP) is 3.51. The van der Waals surface area contributed by atoms with Gasteiger partial charge in [0.25, 0.3) is 0 Å². The zero-order chi connectivity index (χ0) is 12.3. The Morgan fingerprint density at radius 2 is 1.69 bits per heavy atom. The fraction of sp³-hybridized carbons (Fsp3) is 0.500. The molecule has 88 valence electrons. The number of esters is 1. The first kappa shape index (κ1) is 12.8. The lowest BCUT2D eigenvalue weighted by atomic mass is 9.98. The molecule has 0 radical (unpaired) electrons. The topological polar surface area (TPSA) is 26.3 Å². The van der Waals surface area contributed by atoms with Gasteiger partial charge < -0.3 is 4.74 Å². The Hall–Kier alpha value is -1.31. The van der Waals surface area contributed by atoms with Gasteiger partial charge in [0.15, 0.2) is 0 Å². The fourth-order valence-electron chi connectivity index (χ4n) is 1.49. The van der Waals surface area contributed by atoms with Crippen molar-refractivity contribution in [2.45, 2.75) is 34.6 Å². The van der Waals surface area contributed by atoms with Gasteiger partial charge in [-0.1, -0.05) is 39.0 Å². The minimum Gasteiger partial charge on any atom is -0.462 e. The molecule has 1 aromatic carbocycles. The number of carbonyl (C=O) groups excluding carboxylic acids is 1. The maximum atomic E-state index is 11.9. The Morgan fingerprint density at radius 1 is 1.19 bits per heavy atom. The van der Waals surface area contributed by atoms with Gasteiger partial charge >= 0.3 is 5.97 Å². The highest BCUT2D eigenvalue weighted by Crippen LogP contribution is 2.18. The van der Waals surface area contributed by atoms with Crippen LogP contribution >= 0.6 is 0 Å². The number of hydrogen-bond donors (Lipinski definition) is 0. The normalized spacial score (nSPS) is 11.3. The molecule has 0 aromatic heterocycles. The van der Waals surface area contributed by atoms with Crippen molar-refractivity contribution < 1.29 is 9.53 Å². The van der Waals surface area contributed by atoms with E-state index in [-0.39, 0.29) is 11.4 Å². The highest BCUT2D eigenvalue weighted by molar-refractivity contribution is 5.92. The van der Waals surface area contributed by atoms with E-state index >= 15 is 0 Å². The zero-order valence-electron chi connectivity index (χ0n) is 10.8. The number of carbonyl (C=O) groups is 1. The van der Waals surface area contributed by atoms with Crippen molar-refractivity contribution >= 4 is 5.97 Å². The molecule has 0 spiro atoms. The SMILES string of the molecule is Cc1cccc(C)c1C(=O)OCC(C)(C)C. The standard InChI is InChI=1S/C14H20O2/c1-10-7-6-8-11(2)12(10)13(15)16-9-14(3,4)5/h6-8H,9H2,1-5H3. The summed E-state index contributed by atoms with van der Waals surface area (Å²) in [6.45, 7) is 10.4. The van der Waals surface area contributed by atoms with Gasteiger partial charge in [-0.3, -0.25) is 0 Å². The molecule has 1 rings (SSSR count). The molecule has 2 nitrogen and oxygen atoms in total. The van der Waals surface area contributed by atoms with E-state index in [4.69, 9.17) is 4.74 Å². The minimum atomic E-state index is -0.217. The van der Waals surface area contributed by atoms with E-state index in [1.807, 2.05) is 52.8 Å². The number of hydrogen-bond acceptors (Lipinski definition) is 2. The Balaban J connectivity index is 2.81. The molecular formula is C14H20O2. The van der Waals surface area contributed by atoms with Gasteiger partial charge in [0.2, 0.25) is 0 Å². The van der Waals surface area contributed by atoms with E-state index in [2.05, 4.69) is 0 Å².